The number of sulfonamides is 1. The molecule has 0 heterocycles. The first-order valence-corrected chi connectivity index (χ1v) is 8.01. The Bertz CT molecular complexity index is 415. The summed E-state index contributed by atoms with van der Waals surface area (Å²) in [5, 5.41) is 0. The minimum absolute atomic E-state index is 0.350. The number of hydrogen-bond donors (Lipinski definition) is 1. The van der Waals surface area contributed by atoms with Crippen LogP contribution in [0.5, 0.6) is 0 Å². The predicted molar refractivity (Wildman–Crippen MR) is 68.0 cm³/mol. The van der Waals surface area contributed by atoms with Gasteiger partial charge in [-0.05, 0) is 44.9 Å². The van der Waals surface area contributed by atoms with Gasteiger partial charge in [0.1, 0.15) is 0 Å². The van der Waals surface area contributed by atoms with E-state index in [1.165, 1.54) is 5.57 Å². The van der Waals surface area contributed by atoms with E-state index in [-0.39, 0.29) is 0 Å². The fourth-order valence-corrected chi connectivity index (χ4v) is 2.98. The molecule has 0 aromatic rings. The van der Waals surface area contributed by atoms with Crippen LogP contribution in [0.15, 0.2) is 11.6 Å². The SMILES string of the molecule is CC[C@H](CCC1=CCCCC1)NS(=O)(=O)C(F)(F)F. The molecule has 0 saturated carbocycles. The van der Waals surface area contributed by atoms with Gasteiger partial charge in [0.15, 0.2) is 0 Å². The maximum atomic E-state index is 12.3. The Labute approximate surface area is 112 Å². The van der Waals surface area contributed by atoms with Crippen molar-refractivity contribution in [2.24, 2.45) is 0 Å². The van der Waals surface area contributed by atoms with E-state index in [9.17, 15) is 21.6 Å². The number of alkyl halides is 3. The molecule has 0 saturated heterocycles. The number of rotatable bonds is 6. The van der Waals surface area contributed by atoms with Crippen LogP contribution in [0.25, 0.3) is 0 Å². The van der Waals surface area contributed by atoms with Gasteiger partial charge in [-0.3, -0.25) is 0 Å². The van der Waals surface area contributed by atoms with E-state index < -0.39 is 21.6 Å². The standard InChI is InChI=1S/C12H20F3NO2S/c1-2-11(16-19(17,18)12(13,14)15)9-8-10-6-4-3-5-7-10/h6,11,16H,2-5,7-9H2,1H3/t11-/m1/s1. The zero-order valence-corrected chi connectivity index (χ0v) is 11.8. The predicted octanol–water partition coefficient (Wildman–Crippen LogP) is 3.48. The van der Waals surface area contributed by atoms with Crippen LogP contribution in [0.1, 0.15) is 51.9 Å². The average Bonchev–Trinajstić information content (AvgIpc) is 2.34. The molecule has 1 aliphatic carbocycles. The molecular weight excluding hydrogens is 279 g/mol. The molecule has 0 aromatic carbocycles. The zero-order valence-electron chi connectivity index (χ0n) is 11.0. The fourth-order valence-electron chi connectivity index (χ4n) is 2.12. The van der Waals surface area contributed by atoms with Gasteiger partial charge in [0.25, 0.3) is 0 Å². The lowest BCUT2D eigenvalue weighted by molar-refractivity contribution is -0.0451. The van der Waals surface area contributed by atoms with Crippen molar-refractivity contribution in [2.45, 2.75) is 63.4 Å². The van der Waals surface area contributed by atoms with Gasteiger partial charge >= 0.3 is 15.5 Å². The second-order valence-corrected chi connectivity index (χ2v) is 6.52. The molecule has 0 amide bonds. The van der Waals surface area contributed by atoms with Gasteiger partial charge in [-0.2, -0.15) is 13.2 Å². The summed E-state index contributed by atoms with van der Waals surface area (Å²) in [6.45, 7) is 1.68. The second kappa shape index (κ2) is 6.74. The summed E-state index contributed by atoms with van der Waals surface area (Å²) in [4.78, 5) is 0. The van der Waals surface area contributed by atoms with E-state index in [1.807, 2.05) is 0 Å². The number of hydrogen-bond acceptors (Lipinski definition) is 2. The van der Waals surface area contributed by atoms with E-state index in [1.54, 1.807) is 11.6 Å². The molecule has 0 bridgehead atoms. The Morgan fingerprint density at radius 1 is 1.37 bits per heavy atom. The Morgan fingerprint density at radius 3 is 2.53 bits per heavy atom. The van der Waals surface area contributed by atoms with Crippen LogP contribution in [0.3, 0.4) is 0 Å². The molecule has 1 rings (SSSR count). The average molecular weight is 299 g/mol. The van der Waals surface area contributed by atoms with Crippen LogP contribution in [-0.2, 0) is 10.0 Å². The Hall–Kier alpha value is -0.560. The van der Waals surface area contributed by atoms with Gasteiger partial charge in [0.05, 0.1) is 0 Å². The van der Waals surface area contributed by atoms with E-state index >= 15 is 0 Å². The van der Waals surface area contributed by atoms with Crippen LogP contribution < -0.4 is 4.72 Å². The molecule has 0 spiro atoms. The number of allylic oxidation sites excluding steroid dienone is 2. The van der Waals surface area contributed by atoms with E-state index in [0.29, 0.717) is 19.3 Å². The summed E-state index contributed by atoms with van der Waals surface area (Å²) >= 11 is 0. The van der Waals surface area contributed by atoms with Gasteiger partial charge in [0.2, 0.25) is 0 Å². The molecule has 112 valence electrons. The van der Waals surface area contributed by atoms with Crippen LogP contribution in [0.2, 0.25) is 0 Å². The Morgan fingerprint density at radius 2 is 2.05 bits per heavy atom. The molecule has 0 aromatic heterocycles. The molecule has 0 unspecified atom stereocenters. The van der Waals surface area contributed by atoms with Crippen molar-refractivity contribution in [3.63, 3.8) is 0 Å². The summed E-state index contributed by atoms with van der Waals surface area (Å²) in [5.41, 5.74) is -4.00. The van der Waals surface area contributed by atoms with Gasteiger partial charge in [0, 0.05) is 6.04 Å². The van der Waals surface area contributed by atoms with E-state index in [4.69, 9.17) is 0 Å². The van der Waals surface area contributed by atoms with Crippen LogP contribution in [-0.4, -0.2) is 20.0 Å². The molecule has 1 atom stereocenters. The van der Waals surface area contributed by atoms with Gasteiger partial charge in [-0.1, -0.05) is 18.6 Å². The minimum atomic E-state index is -5.23. The van der Waals surface area contributed by atoms with Crippen molar-refractivity contribution >= 4 is 10.0 Å². The number of halogens is 3. The summed E-state index contributed by atoms with van der Waals surface area (Å²) in [5.74, 6) is 0. The largest absolute Gasteiger partial charge is 0.511 e. The normalized spacial score (nSPS) is 19.1. The summed E-state index contributed by atoms with van der Waals surface area (Å²) in [6, 6.07) is -0.658. The minimum Gasteiger partial charge on any atom is -0.204 e. The van der Waals surface area contributed by atoms with Gasteiger partial charge in [-0.25, -0.2) is 13.1 Å². The summed E-state index contributed by atoms with van der Waals surface area (Å²) in [6.07, 6.45) is 7.80. The number of nitrogens with one attached hydrogen (secondary N) is 1. The smallest absolute Gasteiger partial charge is 0.204 e. The monoisotopic (exact) mass is 299 g/mol. The summed E-state index contributed by atoms with van der Waals surface area (Å²) in [7, 11) is -5.23. The topological polar surface area (TPSA) is 46.2 Å². The van der Waals surface area contributed by atoms with E-state index in [0.717, 1.165) is 25.7 Å². The van der Waals surface area contributed by atoms with Crippen molar-refractivity contribution in [2.75, 3.05) is 0 Å². The molecule has 0 aliphatic heterocycles. The van der Waals surface area contributed by atoms with Gasteiger partial charge < -0.3 is 0 Å². The first-order chi connectivity index (χ1) is 8.76. The first-order valence-electron chi connectivity index (χ1n) is 6.52. The van der Waals surface area contributed by atoms with Crippen molar-refractivity contribution in [3.8, 4) is 0 Å². The molecule has 0 fully saturated rings. The highest BCUT2D eigenvalue weighted by molar-refractivity contribution is 7.90. The lowest BCUT2D eigenvalue weighted by Crippen LogP contribution is -2.42. The maximum Gasteiger partial charge on any atom is 0.511 e. The quantitative estimate of drug-likeness (QED) is 0.763. The molecular formula is C12H20F3NO2S. The van der Waals surface area contributed by atoms with Crippen LogP contribution in [0, 0.1) is 0 Å². The molecule has 19 heavy (non-hydrogen) atoms. The third kappa shape index (κ3) is 5.14. The Kier molecular flexibility index (Phi) is 5.85. The zero-order chi connectivity index (χ0) is 14.5. The highest BCUT2D eigenvalue weighted by Crippen LogP contribution is 2.25. The third-order valence-electron chi connectivity index (χ3n) is 3.32. The Balaban J connectivity index is 2.52. The molecule has 7 heteroatoms. The highest BCUT2D eigenvalue weighted by Gasteiger charge is 2.46. The molecule has 0 radical (unpaired) electrons. The van der Waals surface area contributed by atoms with E-state index in [2.05, 4.69) is 6.08 Å². The van der Waals surface area contributed by atoms with Crippen molar-refractivity contribution in [3.05, 3.63) is 11.6 Å². The van der Waals surface area contributed by atoms with Crippen molar-refractivity contribution in [1.29, 1.82) is 0 Å². The fraction of sp³-hybridized carbons (Fsp3) is 0.833. The van der Waals surface area contributed by atoms with Crippen LogP contribution in [0.4, 0.5) is 13.2 Å². The van der Waals surface area contributed by atoms with Crippen LogP contribution >= 0.6 is 0 Å². The van der Waals surface area contributed by atoms with Gasteiger partial charge in [-0.15, -0.1) is 0 Å². The third-order valence-corrected chi connectivity index (χ3v) is 4.57. The lowest BCUT2D eigenvalue weighted by atomic mass is 9.94. The molecule has 3 nitrogen and oxygen atoms in total. The maximum absolute atomic E-state index is 12.3. The first kappa shape index (κ1) is 16.5. The second-order valence-electron chi connectivity index (χ2n) is 4.82. The summed E-state index contributed by atoms with van der Waals surface area (Å²) < 4.78 is 60.6. The molecule has 1 N–H and O–H groups in total. The lowest BCUT2D eigenvalue weighted by Gasteiger charge is -2.20. The van der Waals surface area contributed by atoms with Crippen molar-refractivity contribution < 1.29 is 21.6 Å². The van der Waals surface area contributed by atoms with Crippen molar-refractivity contribution in [1.82, 2.24) is 4.72 Å². The molecule has 1 aliphatic rings. The highest BCUT2D eigenvalue weighted by atomic mass is 32.2.